The lowest BCUT2D eigenvalue weighted by Crippen LogP contribution is -2.13. The molecule has 2 aromatic rings. The van der Waals surface area contributed by atoms with E-state index in [4.69, 9.17) is 4.84 Å². The van der Waals surface area contributed by atoms with Crippen LogP contribution in [-0.2, 0) is 11.3 Å². The predicted octanol–water partition coefficient (Wildman–Crippen LogP) is 2.28. The molecule has 0 N–H and O–H groups in total. The Labute approximate surface area is 115 Å². The van der Waals surface area contributed by atoms with Gasteiger partial charge in [0.2, 0.25) is 0 Å². The quantitative estimate of drug-likeness (QED) is 0.618. The second kappa shape index (κ2) is 5.24. The second-order valence-corrected chi connectivity index (χ2v) is 4.64. The van der Waals surface area contributed by atoms with Gasteiger partial charge in [-0.3, -0.25) is 0 Å². The van der Waals surface area contributed by atoms with Crippen molar-refractivity contribution in [2.75, 3.05) is 0 Å². The number of nitrogens with zero attached hydrogens (tertiary/aromatic N) is 3. The monoisotopic (exact) mass is 271 g/mol. The van der Waals surface area contributed by atoms with Crippen LogP contribution in [0.4, 0.5) is 0 Å². The zero-order valence-electron chi connectivity index (χ0n) is 11.0. The van der Waals surface area contributed by atoms with Gasteiger partial charge < -0.3 is 4.84 Å². The smallest absolute Gasteiger partial charge is 0.312 e. The molecule has 1 aliphatic carbocycles. The van der Waals surface area contributed by atoms with Crippen LogP contribution in [0.3, 0.4) is 0 Å². The zero-order chi connectivity index (χ0) is 13.9. The van der Waals surface area contributed by atoms with E-state index in [9.17, 15) is 4.79 Å². The van der Waals surface area contributed by atoms with E-state index in [1.54, 1.807) is 12.1 Å². The van der Waals surface area contributed by atoms with Crippen molar-refractivity contribution in [1.29, 1.82) is 0 Å². The molecule has 0 radical (unpaired) electrons. The number of carbonyl (C=O) groups excluding carboxylic acids is 1. The van der Waals surface area contributed by atoms with Gasteiger partial charge in [0.25, 0.3) is 0 Å². The van der Waals surface area contributed by atoms with E-state index in [0.29, 0.717) is 23.4 Å². The molecule has 0 spiro atoms. The summed E-state index contributed by atoms with van der Waals surface area (Å²) in [5.74, 6) is -0.473. The third-order valence-corrected chi connectivity index (χ3v) is 3.26. The average molecular weight is 271 g/mol. The molecule has 0 atom stereocenters. The molecule has 0 unspecified atom stereocenters. The zero-order valence-corrected chi connectivity index (χ0v) is 11.0. The van der Waals surface area contributed by atoms with E-state index in [1.807, 2.05) is 19.1 Å². The van der Waals surface area contributed by atoms with Gasteiger partial charge in [-0.15, -0.1) is 0 Å². The van der Waals surface area contributed by atoms with Crippen LogP contribution in [0.2, 0.25) is 0 Å². The maximum absolute atomic E-state index is 12.0. The van der Waals surface area contributed by atoms with Crippen LogP contribution in [-0.4, -0.2) is 22.0 Å². The predicted molar refractivity (Wildman–Crippen MR) is 70.4 cm³/mol. The normalized spacial score (nSPS) is 15.9. The van der Waals surface area contributed by atoms with Crippen molar-refractivity contribution in [2.24, 2.45) is 5.16 Å². The SMILES string of the molecule is Cc1ccccc1C(=O)O/N=C1\CCCc2nonc21. The maximum Gasteiger partial charge on any atom is 0.366 e. The van der Waals surface area contributed by atoms with Gasteiger partial charge >= 0.3 is 5.97 Å². The Bertz CT molecular complexity index is 676. The molecule has 3 rings (SSSR count). The number of aryl methyl sites for hydroxylation is 2. The van der Waals surface area contributed by atoms with Gasteiger partial charge in [0.05, 0.1) is 5.56 Å². The van der Waals surface area contributed by atoms with Crippen molar-refractivity contribution in [1.82, 2.24) is 10.3 Å². The van der Waals surface area contributed by atoms with Gasteiger partial charge in [-0.1, -0.05) is 28.5 Å². The van der Waals surface area contributed by atoms with Crippen LogP contribution in [0.1, 0.15) is 40.2 Å². The summed E-state index contributed by atoms with van der Waals surface area (Å²) in [7, 11) is 0. The van der Waals surface area contributed by atoms with E-state index < -0.39 is 5.97 Å². The topological polar surface area (TPSA) is 77.6 Å². The van der Waals surface area contributed by atoms with Crippen LogP contribution in [0.25, 0.3) is 0 Å². The molecule has 0 fully saturated rings. The standard InChI is InChI=1S/C14H13N3O3/c1-9-5-2-3-6-10(9)14(18)19-15-11-7-4-8-12-13(11)17-20-16-12/h2-3,5-6H,4,7-8H2,1H3/b15-11+. The van der Waals surface area contributed by atoms with Gasteiger partial charge in [0, 0.05) is 0 Å². The summed E-state index contributed by atoms with van der Waals surface area (Å²) in [6.07, 6.45) is 2.40. The lowest BCUT2D eigenvalue weighted by molar-refractivity contribution is 0.0514. The molecule has 1 aliphatic rings. The molecule has 0 amide bonds. The fraction of sp³-hybridized carbons (Fsp3) is 0.286. The van der Waals surface area contributed by atoms with E-state index in [1.165, 1.54) is 0 Å². The van der Waals surface area contributed by atoms with Gasteiger partial charge in [-0.25, -0.2) is 9.42 Å². The molecule has 0 saturated heterocycles. The second-order valence-electron chi connectivity index (χ2n) is 4.64. The molecular formula is C14H13N3O3. The summed E-state index contributed by atoms with van der Waals surface area (Å²) in [6.45, 7) is 1.85. The minimum absolute atomic E-state index is 0.473. The summed E-state index contributed by atoms with van der Waals surface area (Å²) in [5, 5.41) is 11.5. The molecule has 1 aromatic carbocycles. The molecule has 6 nitrogen and oxygen atoms in total. The highest BCUT2D eigenvalue weighted by molar-refractivity contribution is 6.01. The number of oxime groups is 1. The first-order valence-electron chi connectivity index (χ1n) is 6.41. The maximum atomic E-state index is 12.0. The van der Waals surface area contributed by atoms with Crippen LogP contribution in [0, 0.1) is 6.92 Å². The van der Waals surface area contributed by atoms with E-state index in [-0.39, 0.29) is 0 Å². The molecule has 1 aromatic heterocycles. The first kappa shape index (κ1) is 12.5. The third-order valence-electron chi connectivity index (χ3n) is 3.26. The number of hydrogen-bond donors (Lipinski definition) is 0. The molecule has 102 valence electrons. The summed E-state index contributed by atoms with van der Waals surface area (Å²) in [4.78, 5) is 17.0. The highest BCUT2D eigenvalue weighted by Crippen LogP contribution is 2.18. The minimum Gasteiger partial charge on any atom is -0.312 e. The van der Waals surface area contributed by atoms with Gasteiger partial charge in [-0.05, 0) is 43.0 Å². The van der Waals surface area contributed by atoms with Gasteiger partial charge in [0.1, 0.15) is 11.4 Å². The Morgan fingerprint density at radius 3 is 3.00 bits per heavy atom. The average Bonchev–Trinajstić information content (AvgIpc) is 2.94. The Kier molecular flexibility index (Phi) is 3.28. The fourth-order valence-electron chi connectivity index (χ4n) is 2.17. The van der Waals surface area contributed by atoms with Crippen molar-refractivity contribution < 1.29 is 14.3 Å². The van der Waals surface area contributed by atoms with Crippen molar-refractivity contribution in [3.8, 4) is 0 Å². The number of benzene rings is 1. The summed E-state index contributed by atoms with van der Waals surface area (Å²) < 4.78 is 4.69. The lowest BCUT2D eigenvalue weighted by atomic mass is 9.99. The first-order valence-corrected chi connectivity index (χ1v) is 6.41. The van der Waals surface area contributed by atoms with Gasteiger partial charge in [-0.2, -0.15) is 0 Å². The number of fused-ring (bicyclic) bond motifs is 1. The van der Waals surface area contributed by atoms with E-state index in [0.717, 1.165) is 24.1 Å². The molecule has 20 heavy (non-hydrogen) atoms. The molecule has 1 heterocycles. The van der Waals surface area contributed by atoms with Crippen molar-refractivity contribution in [3.05, 3.63) is 46.8 Å². The molecule has 0 aliphatic heterocycles. The number of hydrogen-bond acceptors (Lipinski definition) is 6. The Morgan fingerprint density at radius 2 is 2.15 bits per heavy atom. The van der Waals surface area contributed by atoms with Crippen molar-refractivity contribution in [2.45, 2.75) is 26.2 Å². The van der Waals surface area contributed by atoms with Crippen LogP contribution in [0.15, 0.2) is 34.1 Å². The third kappa shape index (κ3) is 2.32. The Morgan fingerprint density at radius 1 is 1.30 bits per heavy atom. The number of carbonyl (C=O) groups is 1. The highest BCUT2D eigenvalue weighted by Gasteiger charge is 2.22. The summed E-state index contributed by atoms with van der Waals surface area (Å²) in [5.41, 5.74) is 3.32. The summed E-state index contributed by atoms with van der Waals surface area (Å²) in [6, 6.07) is 7.22. The molecule has 6 heteroatoms. The fourth-order valence-corrected chi connectivity index (χ4v) is 2.17. The lowest BCUT2D eigenvalue weighted by Gasteiger charge is -2.09. The van der Waals surface area contributed by atoms with E-state index >= 15 is 0 Å². The van der Waals surface area contributed by atoms with E-state index in [2.05, 4.69) is 20.1 Å². The van der Waals surface area contributed by atoms with Crippen LogP contribution >= 0.6 is 0 Å². The van der Waals surface area contributed by atoms with Crippen molar-refractivity contribution in [3.63, 3.8) is 0 Å². The Hall–Kier alpha value is -2.50. The van der Waals surface area contributed by atoms with Crippen LogP contribution < -0.4 is 0 Å². The first-order chi connectivity index (χ1) is 9.75. The molecular weight excluding hydrogens is 258 g/mol. The highest BCUT2D eigenvalue weighted by atomic mass is 16.7. The minimum atomic E-state index is -0.473. The van der Waals surface area contributed by atoms with Crippen LogP contribution in [0.5, 0.6) is 0 Å². The number of aromatic nitrogens is 2. The number of rotatable bonds is 2. The summed E-state index contributed by atoms with van der Waals surface area (Å²) >= 11 is 0. The molecule has 0 saturated carbocycles. The largest absolute Gasteiger partial charge is 0.366 e. The van der Waals surface area contributed by atoms with Crippen molar-refractivity contribution >= 4 is 11.7 Å². The van der Waals surface area contributed by atoms with Gasteiger partial charge in [0.15, 0.2) is 5.69 Å². The molecule has 0 bridgehead atoms. The Balaban J connectivity index is 1.79.